The van der Waals surface area contributed by atoms with Gasteiger partial charge in [-0.3, -0.25) is 0 Å². The zero-order chi connectivity index (χ0) is 16.9. The van der Waals surface area contributed by atoms with Gasteiger partial charge in [-0.2, -0.15) is 5.26 Å². The fraction of sp³-hybridized carbons (Fsp3) is 0.400. The number of hydrogen-bond donors (Lipinski definition) is 1. The quantitative estimate of drug-likeness (QED) is 0.521. The SMILES string of the molecule is COC(=O)c1c(C)csc1NC=C(C#N)C(=O)OC(C)(C)C. The van der Waals surface area contributed by atoms with Gasteiger partial charge in [0.15, 0.2) is 5.57 Å². The van der Waals surface area contributed by atoms with Gasteiger partial charge >= 0.3 is 11.9 Å². The van der Waals surface area contributed by atoms with Gasteiger partial charge < -0.3 is 14.8 Å². The molecule has 0 aliphatic rings. The summed E-state index contributed by atoms with van der Waals surface area (Å²) in [6, 6.07) is 1.78. The van der Waals surface area contributed by atoms with Crippen molar-refractivity contribution in [3.8, 4) is 6.07 Å². The van der Waals surface area contributed by atoms with E-state index >= 15 is 0 Å². The Balaban J connectivity index is 2.98. The number of esters is 2. The summed E-state index contributed by atoms with van der Waals surface area (Å²) in [5.41, 5.74) is 0.259. The van der Waals surface area contributed by atoms with Crippen molar-refractivity contribution in [1.82, 2.24) is 0 Å². The van der Waals surface area contributed by atoms with Crippen molar-refractivity contribution < 1.29 is 19.1 Å². The Morgan fingerprint density at radius 2 is 2.05 bits per heavy atom. The van der Waals surface area contributed by atoms with Crippen molar-refractivity contribution in [2.45, 2.75) is 33.3 Å². The molecule has 7 heteroatoms. The van der Waals surface area contributed by atoms with Gasteiger partial charge in [-0.15, -0.1) is 11.3 Å². The third-order valence-corrected chi connectivity index (χ3v) is 3.48. The lowest BCUT2D eigenvalue weighted by Crippen LogP contribution is -2.24. The molecule has 1 aromatic heterocycles. The third-order valence-electron chi connectivity index (χ3n) is 2.45. The zero-order valence-corrected chi connectivity index (χ0v) is 14.0. The Morgan fingerprint density at radius 1 is 1.41 bits per heavy atom. The van der Waals surface area contributed by atoms with Crippen LogP contribution in [0.5, 0.6) is 0 Å². The van der Waals surface area contributed by atoms with Crippen LogP contribution in [0.2, 0.25) is 0 Å². The molecular weight excluding hydrogens is 304 g/mol. The number of hydrogen-bond acceptors (Lipinski definition) is 7. The molecule has 0 aliphatic carbocycles. The molecule has 1 N–H and O–H groups in total. The number of methoxy groups -OCH3 is 1. The second-order valence-electron chi connectivity index (χ2n) is 5.43. The Labute approximate surface area is 133 Å². The molecule has 118 valence electrons. The van der Waals surface area contributed by atoms with Crippen LogP contribution in [0.25, 0.3) is 0 Å². The first-order valence-electron chi connectivity index (χ1n) is 6.46. The molecule has 0 radical (unpaired) electrons. The van der Waals surface area contributed by atoms with E-state index in [-0.39, 0.29) is 5.57 Å². The number of carbonyl (C=O) groups excluding carboxylic acids is 2. The summed E-state index contributed by atoms with van der Waals surface area (Å²) in [5.74, 6) is -1.21. The van der Waals surface area contributed by atoms with Crippen molar-refractivity contribution in [3.63, 3.8) is 0 Å². The highest BCUT2D eigenvalue weighted by atomic mass is 32.1. The summed E-state index contributed by atoms with van der Waals surface area (Å²) >= 11 is 1.28. The minimum absolute atomic E-state index is 0.184. The number of nitriles is 1. The third kappa shape index (κ3) is 4.60. The molecule has 0 fully saturated rings. The van der Waals surface area contributed by atoms with Crippen molar-refractivity contribution in [2.24, 2.45) is 0 Å². The average molecular weight is 322 g/mol. The minimum atomic E-state index is -0.726. The van der Waals surface area contributed by atoms with E-state index in [0.29, 0.717) is 10.6 Å². The van der Waals surface area contributed by atoms with Crippen LogP contribution >= 0.6 is 11.3 Å². The molecule has 0 saturated heterocycles. The highest BCUT2D eigenvalue weighted by molar-refractivity contribution is 7.14. The van der Waals surface area contributed by atoms with Crippen LogP contribution < -0.4 is 5.32 Å². The van der Waals surface area contributed by atoms with Crippen molar-refractivity contribution in [2.75, 3.05) is 12.4 Å². The first-order chi connectivity index (χ1) is 10.2. The molecule has 0 aliphatic heterocycles. The van der Waals surface area contributed by atoms with E-state index in [0.717, 1.165) is 5.56 Å². The largest absolute Gasteiger partial charge is 0.465 e. The molecule has 0 amide bonds. The van der Waals surface area contributed by atoms with Crippen molar-refractivity contribution in [3.05, 3.63) is 28.3 Å². The van der Waals surface area contributed by atoms with Crippen LogP contribution in [0.15, 0.2) is 17.2 Å². The van der Waals surface area contributed by atoms with E-state index in [4.69, 9.17) is 14.7 Å². The number of anilines is 1. The first kappa shape index (κ1) is 17.7. The lowest BCUT2D eigenvalue weighted by Gasteiger charge is -2.18. The monoisotopic (exact) mass is 322 g/mol. The Morgan fingerprint density at radius 3 is 2.55 bits per heavy atom. The molecule has 0 atom stereocenters. The number of nitrogens with one attached hydrogen (secondary N) is 1. The number of carbonyl (C=O) groups is 2. The van der Waals surface area contributed by atoms with E-state index in [1.165, 1.54) is 24.6 Å². The molecule has 22 heavy (non-hydrogen) atoms. The maximum Gasteiger partial charge on any atom is 0.350 e. The van der Waals surface area contributed by atoms with Crippen molar-refractivity contribution in [1.29, 1.82) is 5.26 Å². The maximum atomic E-state index is 11.9. The van der Waals surface area contributed by atoms with Gasteiger partial charge in [-0.1, -0.05) is 0 Å². The second-order valence-corrected chi connectivity index (χ2v) is 6.31. The van der Waals surface area contributed by atoms with Crippen LogP contribution in [-0.2, 0) is 14.3 Å². The van der Waals surface area contributed by atoms with Gasteiger partial charge in [0.2, 0.25) is 0 Å². The van der Waals surface area contributed by atoms with Gasteiger partial charge in [0.05, 0.1) is 12.7 Å². The van der Waals surface area contributed by atoms with E-state index in [9.17, 15) is 9.59 Å². The van der Waals surface area contributed by atoms with Crippen LogP contribution in [0, 0.1) is 18.3 Å². The predicted octanol–water partition coefficient (Wildman–Crippen LogP) is 3.00. The smallest absolute Gasteiger partial charge is 0.350 e. The summed E-state index contributed by atoms with van der Waals surface area (Å²) in [7, 11) is 1.29. The first-order valence-corrected chi connectivity index (χ1v) is 7.34. The fourth-order valence-electron chi connectivity index (χ4n) is 1.51. The molecule has 0 spiro atoms. The van der Waals surface area contributed by atoms with Crippen LogP contribution in [-0.4, -0.2) is 24.6 Å². The van der Waals surface area contributed by atoms with E-state index in [1.54, 1.807) is 39.1 Å². The Kier molecular flexibility index (Phi) is 5.71. The summed E-state index contributed by atoms with van der Waals surface area (Å²) in [6.07, 6.45) is 1.23. The van der Waals surface area contributed by atoms with E-state index in [2.05, 4.69) is 5.32 Å². The van der Waals surface area contributed by atoms with Crippen molar-refractivity contribution >= 4 is 28.3 Å². The normalized spacial score (nSPS) is 11.5. The van der Waals surface area contributed by atoms with Crippen LogP contribution in [0.1, 0.15) is 36.7 Å². The molecule has 1 rings (SSSR count). The number of ether oxygens (including phenoxy) is 2. The highest BCUT2D eigenvalue weighted by Crippen LogP contribution is 2.28. The standard InChI is InChI=1S/C15H18N2O4S/c1-9-8-22-12(11(9)14(19)20-5)17-7-10(6-16)13(18)21-15(2,3)4/h7-8,17H,1-5H3. The molecule has 1 aromatic rings. The zero-order valence-electron chi connectivity index (χ0n) is 13.1. The van der Waals surface area contributed by atoms with Crippen LogP contribution in [0.3, 0.4) is 0 Å². The molecular formula is C15H18N2O4S. The average Bonchev–Trinajstić information content (AvgIpc) is 2.78. The molecule has 0 unspecified atom stereocenters. The number of nitrogens with zero attached hydrogens (tertiary/aromatic N) is 1. The van der Waals surface area contributed by atoms with Gasteiger partial charge in [0, 0.05) is 6.20 Å². The summed E-state index contributed by atoms with van der Waals surface area (Å²) < 4.78 is 9.84. The van der Waals surface area contributed by atoms with E-state index < -0.39 is 17.5 Å². The molecule has 1 heterocycles. The Bertz CT molecular complexity index is 647. The summed E-state index contributed by atoms with van der Waals surface area (Å²) in [6.45, 7) is 6.92. The lowest BCUT2D eigenvalue weighted by atomic mass is 10.2. The number of rotatable bonds is 4. The Hall–Kier alpha value is -2.33. The number of aryl methyl sites for hydroxylation is 1. The lowest BCUT2D eigenvalue weighted by molar-refractivity contribution is -0.149. The molecule has 0 bridgehead atoms. The molecule has 0 aromatic carbocycles. The maximum absolute atomic E-state index is 11.9. The predicted molar refractivity (Wildman–Crippen MR) is 83.6 cm³/mol. The number of thiophene rings is 1. The van der Waals surface area contributed by atoms with E-state index in [1.807, 2.05) is 0 Å². The molecule has 0 saturated carbocycles. The highest BCUT2D eigenvalue weighted by Gasteiger charge is 2.21. The molecule has 6 nitrogen and oxygen atoms in total. The fourth-order valence-corrected chi connectivity index (χ4v) is 2.42. The summed E-state index contributed by atoms with van der Waals surface area (Å²) in [4.78, 5) is 23.6. The summed E-state index contributed by atoms with van der Waals surface area (Å²) in [5, 5.41) is 14.1. The van der Waals surface area contributed by atoms with Gasteiger partial charge in [-0.05, 0) is 38.6 Å². The van der Waals surface area contributed by atoms with Gasteiger partial charge in [-0.25, -0.2) is 9.59 Å². The van der Waals surface area contributed by atoms with Gasteiger partial charge in [0.25, 0.3) is 0 Å². The van der Waals surface area contributed by atoms with Crippen LogP contribution in [0.4, 0.5) is 5.00 Å². The van der Waals surface area contributed by atoms with Gasteiger partial charge in [0.1, 0.15) is 16.7 Å². The topological polar surface area (TPSA) is 88.4 Å². The second kappa shape index (κ2) is 7.09. The minimum Gasteiger partial charge on any atom is -0.465 e.